The zero-order valence-corrected chi connectivity index (χ0v) is 17.1. The Hall–Kier alpha value is -3.32. The molecule has 1 fully saturated rings. The number of anilines is 2. The van der Waals surface area contributed by atoms with E-state index >= 15 is 0 Å². The van der Waals surface area contributed by atoms with Gasteiger partial charge in [-0.1, -0.05) is 18.2 Å². The predicted octanol–water partition coefficient (Wildman–Crippen LogP) is 2.64. The van der Waals surface area contributed by atoms with Crippen LogP contribution in [-0.2, 0) is 20.7 Å². The number of aromatic amines is 1. The number of carbonyl (C=O) groups is 2. The van der Waals surface area contributed by atoms with E-state index in [2.05, 4.69) is 15.2 Å². The van der Waals surface area contributed by atoms with Crippen molar-refractivity contribution in [3.63, 3.8) is 0 Å². The lowest BCUT2D eigenvalue weighted by Gasteiger charge is -2.28. The van der Waals surface area contributed by atoms with E-state index in [1.54, 1.807) is 7.05 Å². The maximum atomic E-state index is 12.6. The SMILES string of the molecule is CN(CC(=O)Nc1ccc(N2CCOCC2)cc1)C(=O)Cc1c[nH]c2ccccc12. The maximum absolute atomic E-state index is 12.6. The molecular weight excluding hydrogens is 380 g/mol. The summed E-state index contributed by atoms with van der Waals surface area (Å²) < 4.78 is 5.38. The lowest BCUT2D eigenvalue weighted by molar-refractivity contribution is -0.132. The number of hydrogen-bond acceptors (Lipinski definition) is 4. The number of aromatic nitrogens is 1. The quantitative estimate of drug-likeness (QED) is 0.660. The minimum absolute atomic E-state index is 0.00635. The average molecular weight is 406 g/mol. The van der Waals surface area contributed by atoms with Crippen LogP contribution in [0.5, 0.6) is 0 Å². The molecule has 2 heterocycles. The molecule has 1 aliphatic heterocycles. The van der Waals surface area contributed by atoms with Crippen LogP contribution in [-0.4, -0.2) is 61.6 Å². The highest BCUT2D eigenvalue weighted by Crippen LogP contribution is 2.20. The first-order valence-electron chi connectivity index (χ1n) is 10.1. The van der Waals surface area contributed by atoms with Crippen LogP contribution in [0.15, 0.2) is 54.7 Å². The standard InChI is InChI=1S/C23H26N4O3/c1-26(23(29)14-17-15-24-21-5-3-2-4-20(17)21)16-22(28)25-18-6-8-19(9-7-18)27-10-12-30-13-11-27/h2-9,15,24H,10-14,16H2,1H3,(H,25,28). The van der Waals surface area contributed by atoms with E-state index in [1.165, 1.54) is 4.90 Å². The molecule has 3 aromatic rings. The summed E-state index contributed by atoms with van der Waals surface area (Å²) in [5.74, 6) is -0.318. The molecule has 1 aromatic heterocycles. The third-order valence-electron chi connectivity index (χ3n) is 5.35. The predicted molar refractivity (Wildman–Crippen MR) is 118 cm³/mol. The number of para-hydroxylation sites is 1. The molecule has 0 saturated carbocycles. The Morgan fingerprint density at radius 1 is 1.10 bits per heavy atom. The van der Waals surface area contributed by atoms with Crippen molar-refractivity contribution in [2.24, 2.45) is 0 Å². The number of rotatable bonds is 6. The van der Waals surface area contributed by atoms with Gasteiger partial charge in [0.25, 0.3) is 0 Å². The Kier molecular flexibility index (Phi) is 5.99. The molecular formula is C23H26N4O3. The lowest BCUT2D eigenvalue weighted by atomic mass is 10.1. The summed E-state index contributed by atoms with van der Waals surface area (Å²) >= 11 is 0. The molecule has 156 valence electrons. The van der Waals surface area contributed by atoms with Crippen molar-refractivity contribution < 1.29 is 14.3 Å². The average Bonchev–Trinajstić information content (AvgIpc) is 3.17. The first-order chi connectivity index (χ1) is 14.6. The van der Waals surface area contributed by atoms with Gasteiger partial charge >= 0.3 is 0 Å². The third kappa shape index (κ3) is 4.63. The van der Waals surface area contributed by atoms with Crippen LogP contribution in [0.4, 0.5) is 11.4 Å². The Bertz CT molecular complexity index is 1020. The van der Waals surface area contributed by atoms with Crippen LogP contribution in [0, 0.1) is 0 Å². The zero-order chi connectivity index (χ0) is 20.9. The normalized spacial score (nSPS) is 14.0. The number of ether oxygens (including phenoxy) is 1. The summed E-state index contributed by atoms with van der Waals surface area (Å²) in [5, 5.41) is 3.90. The number of morpholine rings is 1. The van der Waals surface area contributed by atoms with Gasteiger partial charge in [0.05, 0.1) is 26.2 Å². The number of fused-ring (bicyclic) bond motifs is 1. The number of likely N-dealkylation sites (N-methyl/N-ethyl adjacent to an activating group) is 1. The van der Waals surface area contributed by atoms with E-state index in [1.807, 2.05) is 54.7 Å². The molecule has 0 spiro atoms. The van der Waals surface area contributed by atoms with Crippen molar-refractivity contribution in [3.05, 3.63) is 60.3 Å². The maximum Gasteiger partial charge on any atom is 0.243 e. The molecule has 2 aromatic carbocycles. The highest BCUT2D eigenvalue weighted by Gasteiger charge is 2.16. The number of amides is 2. The Morgan fingerprint density at radius 2 is 1.83 bits per heavy atom. The number of hydrogen-bond donors (Lipinski definition) is 2. The van der Waals surface area contributed by atoms with Gasteiger partial charge in [0.15, 0.2) is 0 Å². The lowest BCUT2D eigenvalue weighted by Crippen LogP contribution is -2.36. The smallest absolute Gasteiger partial charge is 0.243 e. The molecule has 30 heavy (non-hydrogen) atoms. The fraction of sp³-hybridized carbons (Fsp3) is 0.304. The van der Waals surface area contributed by atoms with E-state index < -0.39 is 0 Å². The minimum Gasteiger partial charge on any atom is -0.378 e. The summed E-state index contributed by atoms with van der Waals surface area (Å²) in [6, 6.07) is 15.6. The van der Waals surface area contributed by atoms with Crippen LogP contribution in [0.3, 0.4) is 0 Å². The number of H-pyrrole nitrogens is 1. The van der Waals surface area contributed by atoms with Crippen molar-refractivity contribution in [2.75, 3.05) is 50.1 Å². The van der Waals surface area contributed by atoms with Crippen molar-refractivity contribution in [3.8, 4) is 0 Å². The van der Waals surface area contributed by atoms with E-state index in [0.29, 0.717) is 0 Å². The summed E-state index contributed by atoms with van der Waals surface area (Å²) in [6.45, 7) is 3.21. The largest absolute Gasteiger partial charge is 0.378 e. The molecule has 0 bridgehead atoms. The molecule has 7 heteroatoms. The first kappa shape index (κ1) is 20.0. The molecule has 0 aliphatic carbocycles. The van der Waals surface area contributed by atoms with Crippen LogP contribution < -0.4 is 10.2 Å². The topological polar surface area (TPSA) is 77.7 Å². The molecule has 1 saturated heterocycles. The monoisotopic (exact) mass is 406 g/mol. The molecule has 2 amide bonds. The fourth-order valence-electron chi connectivity index (χ4n) is 3.66. The third-order valence-corrected chi connectivity index (χ3v) is 5.35. The van der Waals surface area contributed by atoms with Crippen LogP contribution >= 0.6 is 0 Å². The highest BCUT2D eigenvalue weighted by molar-refractivity contribution is 5.95. The Balaban J connectivity index is 1.30. The van der Waals surface area contributed by atoms with Gasteiger partial charge in [-0.25, -0.2) is 0 Å². The fourth-order valence-corrected chi connectivity index (χ4v) is 3.66. The van der Waals surface area contributed by atoms with E-state index in [9.17, 15) is 9.59 Å². The van der Waals surface area contributed by atoms with Crippen LogP contribution in [0.25, 0.3) is 10.9 Å². The number of nitrogens with zero attached hydrogens (tertiary/aromatic N) is 2. The highest BCUT2D eigenvalue weighted by atomic mass is 16.5. The number of benzene rings is 2. The van der Waals surface area contributed by atoms with Gasteiger partial charge in [-0.3, -0.25) is 9.59 Å². The zero-order valence-electron chi connectivity index (χ0n) is 17.1. The summed E-state index contributed by atoms with van der Waals surface area (Å²) in [7, 11) is 1.65. The molecule has 0 unspecified atom stereocenters. The number of carbonyl (C=O) groups excluding carboxylic acids is 2. The van der Waals surface area contributed by atoms with Crippen LogP contribution in [0.2, 0.25) is 0 Å². The van der Waals surface area contributed by atoms with Crippen LogP contribution in [0.1, 0.15) is 5.56 Å². The minimum atomic E-state index is -0.219. The molecule has 0 atom stereocenters. The number of nitrogens with one attached hydrogen (secondary N) is 2. The first-order valence-corrected chi connectivity index (χ1v) is 10.1. The van der Waals surface area contributed by atoms with Gasteiger partial charge in [0.1, 0.15) is 0 Å². The molecule has 4 rings (SSSR count). The molecule has 1 aliphatic rings. The van der Waals surface area contributed by atoms with E-state index in [4.69, 9.17) is 4.74 Å². The van der Waals surface area contributed by atoms with Crippen molar-refractivity contribution in [1.82, 2.24) is 9.88 Å². The second kappa shape index (κ2) is 9.00. The van der Waals surface area contributed by atoms with Gasteiger partial charge in [0.2, 0.25) is 11.8 Å². The van der Waals surface area contributed by atoms with Crippen molar-refractivity contribution in [1.29, 1.82) is 0 Å². The van der Waals surface area contributed by atoms with Gasteiger partial charge < -0.3 is 24.8 Å². The molecule has 2 N–H and O–H groups in total. The van der Waals surface area contributed by atoms with Gasteiger partial charge in [-0.05, 0) is 35.9 Å². The molecule has 0 radical (unpaired) electrons. The molecule has 7 nitrogen and oxygen atoms in total. The van der Waals surface area contributed by atoms with E-state index in [-0.39, 0.29) is 24.8 Å². The van der Waals surface area contributed by atoms with Crippen molar-refractivity contribution in [2.45, 2.75) is 6.42 Å². The Labute approximate surface area is 175 Å². The second-order valence-electron chi connectivity index (χ2n) is 7.48. The van der Waals surface area contributed by atoms with Gasteiger partial charge in [-0.2, -0.15) is 0 Å². The summed E-state index contributed by atoms with van der Waals surface area (Å²) in [4.78, 5) is 31.9. The Morgan fingerprint density at radius 3 is 2.60 bits per heavy atom. The van der Waals surface area contributed by atoms with E-state index in [0.717, 1.165) is 54.1 Å². The van der Waals surface area contributed by atoms with Crippen molar-refractivity contribution >= 4 is 34.1 Å². The second-order valence-corrected chi connectivity index (χ2v) is 7.48. The summed E-state index contributed by atoms with van der Waals surface area (Å²) in [6.07, 6.45) is 2.11. The summed E-state index contributed by atoms with van der Waals surface area (Å²) in [5.41, 5.74) is 3.76. The van der Waals surface area contributed by atoms with Gasteiger partial charge in [0, 0.05) is 48.6 Å². The van der Waals surface area contributed by atoms with Gasteiger partial charge in [-0.15, -0.1) is 0 Å².